The van der Waals surface area contributed by atoms with Crippen LogP contribution in [0.25, 0.3) is 0 Å². The number of halogens is 1. The second-order valence-corrected chi connectivity index (χ2v) is 3.11. The molecule has 0 saturated heterocycles. The van der Waals surface area contributed by atoms with Crippen LogP contribution in [0.5, 0.6) is 5.75 Å². The molecule has 1 rings (SSSR count). The average molecular weight is 201 g/mol. The molecule has 0 heterocycles. The van der Waals surface area contributed by atoms with Gasteiger partial charge in [-0.2, -0.15) is 0 Å². The summed E-state index contributed by atoms with van der Waals surface area (Å²) in [4.78, 5) is 0. The standard InChI is InChI=1S/C10H13ClO2/c1-8-9(11)4-3-5-10(8)13-7-6-12-2/h3-5H,6-7H2,1-2H3. The molecule has 1 aromatic rings. The van der Waals surface area contributed by atoms with E-state index < -0.39 is 0 Å². The largest absolute Gasteiger partial charge is 0.491 e. The fourth-order valence-electron chi connectivity index (χ4n) is 0.979. The fourth-order valence-corrected chi connectivity index (χ4v) is 1.14. The van der Waals surface area contributed by atoms with Crippen molar-refractivity contribution in [1.82, 2.24) is 0 Å². The molecule has 3 heteroatoms. The van der Waals surface area contributed by atoms with Crippen molar-refractivity contribution in [3.8, 4) is 5.75 Å². The van der Waals surface area contributed by atoms with E-state index in [-0.39, 0.29) is 0 Å². The summed E-state index contributed by atoms with van der Waals surface area (Å²) in [5.41, 5.74) is 0.972. The van der Waals surface area contributed by atoms with Gasteiger partial charge in [0.25, 0.3) is 0 Å². The molecule has 0 spiro atoms. The van der Waals surface area contributed by atoms with E-state index in [2.05, 4.69) is 0 Å². The molecule has 72 valence electrons. The molecular weight excluding hydrogens is 188 g/mol. The molecule has 0 aliphatic rings. The van der Waals surface area contributed by atoms with E-state index in [9.17, 15) is 0 Å². The van der Waals surface area contributed by atoms with E-state index in [4.69, 9.17) is 21.1 Å². The van der Waals surface area contributed by atoms with Crippen LogP contribution >= 0.6 is 11.6 Å². The Morgan fingerprint density at radius 3 is 2.77 bits per heavy atom. The Balaban J connectivity index is 2.61. The van der Waals surface area contributed by atoms with Gasteiger partial charge in [-0.25, -0.2) is 0 Å². The first-order valence-electron chi connectivity index (χ1n) is 4.12. The summed E-state index contributed by atoms with van der Waals surface area (Å²) in [6, 6.07) is 5.62. The van der Waals surface area contributed by atoms with Gasteiger partial charge in [-0.3, -0.25) is 0 Å². The molecule has 0 saturated carbocycles. The molecule has 13 heavy (non-hydrogen) atoms. The summed E-state index contributed by atoms with van der Waals surface area (Å²) >= 11 is 5.92. The van der Waals surface area contributed by atoms with Gasteiger partial charge in [0.05, 0.1) is 6.61 Å². The minimum Gasteiger partial charge on any atom is -0.491 e. The number of hydrogen-bond acceptors (Lipinski definition) is 2. The SMILES string of the molecule is COCCOc1cccc(Cl)c1C. The van der Waals surface area contributed by atoms with Crippen LogP contribution in [0.4, 0.5) is 0 Å². The Bertz CT molecular complexity index is 274. The highest BCUT2D eigenvalue weighted by molar-refractivity contribution is 6.31. The topological polar surface area (TPSA) is 18.5 Å². The van der Waals surface area contributed by atoms with Gasteiger partial charge in [0, 0.05) is 17.7 Å². The number of hydrogen-bond donors (Lipinski definition) is 0. The van der Waals surface area contributed by atoms with E-state index >= 15 is 0 Å². The van der Waals surface area contributed by atoms with E-state index in [1.807, 2.05) is 25.1 Å². The fraction of sp³-hybridized carbons (Fsp3) is 0.400. The molecule has 2 nitrogen and oxygen atoms in total. The van der Waals surface area contributed by atoms with Crippen molar-refractivity contribution in [3.05, 3.63) is 28.8 Å². The summed E-state index contributed by atoms with van der Waals surface area (Å²) < 4.78 is 10.3. The lowest BCUT2D eigenvalue weighted by Gasteiger charge is -2.08. The maximum Gasteiger partial charge on any atom is 0.123 e. The first-order valence-corrected chi connectivity index (χ1v) is 4.50. The van der Waals surface area contributed by atoms with Crippen LogP contribution in [0.1, 0.15) is 5.56 Å². The van der Waals surface area contributed by atoms with E-state index in [1.165, 1.54) is 0 Å². The van der Waals surface area contributed by atoms with E-state index in [0.29, 0.717) is 13.2 Å². The molecule has 0 bridgehead atoms. The summed E-state index contributed by atoms with van der Waals surface area (Å²) in [5, 5.41) is 0.731. The highest BCUT2D eigenvalue weighted by Gasteiger charge is 2.01. The molecule has 0 N–H and O–H groups in total. The molecule has 0 fully saturated rings. The molecule has 0 amide bonds. The second-order valence-electron chi connectivity index (χ2n) is 2.70. The predicted molar refractivity (Wildman–Crippen MR) is 53.6 cm³/mol. The van der Waals surface area contributed by atoms with Crippen LogP contribution < -0.4 is 4.74 Å². The number of methoxy groups -OCH3 is 1. The summed E-state index contributed by atoms with van der Waals surface area (Å²) in [7, 11) is 1.65. The van der Waals surface area contributed by atoms with Crippen LogP contribution in [0.2, 0.25) is 5.02 Å². The third-order valence-electron chi connectivity index (χ3n) is 1.76. The van der Waals surface area contributed by atoms with Crippen LogP contribution in [0.3, 0.4) is 0 Å². The zero-order chi connectivity index (χ0) is 9.68. The number of benzene rings is 1. The molecule has 0 unspecified atom stereocenters. The van der Waals surface area contributed by atoms with Gasteiger partial charge in [-0.15, -0.1) is 0 Å². The van der Waals surface area contributed by atoms with Crippen molar-refractivity contribution in [1.29, 1.82) is 0 Å². The third kappa shape index (κ3) is 2.90. The van der Waals surface area contributed by atoms with Crippen LogP contribution in [0, 0.1) is 6.92 Å². The first kappa shape index (κ1) is 10.4. The zero-order valence-corrected chi connectivity index (χ0v) is 8.60. The highest BCUT2D eigenvalue weighted by atomic mass is 35.5. The number of ether oxygens (including phenoxy) is 2. The van der Waals surface area contributed by atoms with E-state index in [0.717, 1.165) is 16.3 Å². The quantitative estimate of drug-likeness (QED) is 0.696. The zero-order valence-electron chi connectivity index (χ0n) is 7.84. The lowest BCUT2D eigenvalue weighted by Crippen LogP contribution is -2.05. The van der Waals surface area contributed by atoms with Crippen molar-refractivity contribution in [2.75, 3.05) is 20.3 Å². The first-order chi connectivity index (χ1) is 6.25. The minimum atomic E-state index is 0.553. The van der Waals surface area contributed by atoms with Gasteiger partial charge < -0.3 is 9.47 Å². The van der Waals surface area contributed by atoms with Crippen molar-refractivity contribution in [2.24, 2.45) is 0 Å². The summed E-state index contributed by atoms with van der Waals surface area (Å²) in [6.07, 6.45) is 0. The highest BCUT2D eigenvalue weighted by Crippen LogP contribution is 2.24. The Morgan fingerprint density at radius 1 is 1.31 bits per heavy atom. The van der Waals surface area contributed by atoms with Crippen molar-refractivity contribution in [2.45, 2.75) is 6.92 Å². The summed E-state index contributed by atoms with van der Waals surface area (Å²) in [5.74, 6) is 0.824. The van der Waals surface area contributed by atoms with Gasteiger partial charge in [0.15, 0.2) is 0 Å². The van der Waals surface area contributed by atoms with Crippen LogP contribution in [-0.2, 0) is 4.74 Å². The molecule has 1 aromatic carbocycles. The van der Waals surface area contributed by atoms with Gasteiger partial charge in [-0.1, -0.05) is 17.7 Å². The van der Waals surface area contributed by atoms with Crippen molar-refractivity contribution in [3.63, 3.8) is 0 Å². The van der Waals surface area contributed by atoms with Gasteiger partial charge in [-0.05, 0) is 19.1 Å². The van der Waals surface area contributed by atoms with Gasteiger partial charge in [0.2, 0.25) is 0 Å². The lowest BCUT2D eigenvalue weighted by atomic mass is 10.2. The maximum absolute atomic E-state index is 5.92. The molecular formula is C10H13ClO2. The van der Waals surface area contributed by atoms with Crippen molar-refractivity contribution >= 4 is 11.6 Å². The molecule has 0 aliphatic heterocycles. The Hall–Kier alpha value is -0.730. The predicted octanol–water partition coefficient (Wildman–Crippen LogP) is 2.67. The van der Waals surface area contributed by atoms with E-state index in [1.54, 1.807) is 7.11 Å². The maximum atomic E-state index is 5.92. The van der Waals surface area contributed by atoms with Gasteiger partial charge >= 0.3 is 0 Å². The number of rotatable bonds is 4. The third-order valence-corrected chi connectivity index (χ3v) is 2.17. The Labute approximate surface area is 83.4 Å². The van der Waals surface area contributed by atoms with Crippen LogP contribution in [0.15, 0.2) is 18.2 Å². The summed E-state index contributed by atoms with van der Waals surface area (Å²) in [6.45, 7) is 3.08. The molecule has 0 atom stereocenters. The molecule has 0 aliphatic carbocycles. The second kappa shape index (κ2) is 5.10. The normalized spacial score (nSPS) is 10.1. The minimum absolute atomic E-state index is 0.553. The monoisotopic (exact) mass is 200 g/mol. The van der Waals surface area contributed by atoms with Crippen molar-refractivity contribution < 1.29 is 9.47 Å². The Morgan fingerprint density at radius 2 is 2.08 bits per heavy atom. The average Bonchev–Trinajstić information content (AvgIpc) is 2.13. The molecule has 0 aromatic heterocycles. The molecule has 0 radical (unpaired) electrons. The van der Waals surface area contributed by atoms with Crippen LogP contribution in [-0.4, -0.2) is 20.3 Å². The lowest BCUT2D eigenvalue weighted by molar-refractivity contribution is 0.146. The Kier molecular flexibility index (Phi) is 4.06. The van der Waals surface area contributed by atoms with Gasteiger partial charge in [0.1, 0.15) is 12.4 Å². The smallest absolute Gasteiger partial charge is 0.123 e.